The minimum atomic E-state index is -0.754. The van der Waals surface area contributed by atoms with Crippen molar-refractivity contribution >= 4 is 28.3 Å². The van der Waals surface area contributed by atoms with Gasteiger partial charge in [0.05, 0.1) is 12.1 Å². The number of aliphatic hydroxyl groups excluding tert-OH is 1. The summed E-state index contributed by atoms with van der Waals surface area (Å²) in [5.74, 6) is -0.369. The van der Waals surface area contributed by atoms with Crippen LogP contribution in [0.3, 0.4) is 0 Å². The fourth-order valence-corrected chi connectivity index (χ4v) is 2.46. The van der Waals surface area contributed by atoms with Gasteiger partial charge < -0.3 is 10.8 Å². The molecule has 20 heavy (non-hydrogen) atoms. The number of aliphatic hydroxyl groups is 1. The molecule has 0 radical (unpaired) electrons. The van der Waals surface area contributed by atoms with E-state index in [2.05, 4.69) is 15.9 Å². The van der Waals surface area contributed by atoms with Crippen LogP contribution in [0.1, 0.15) is 17.2 Å². The highest BCUT2D eigenvalue weighted by Crippen LogP contribution is 2.22. The maximum absolute atomic E-state index is 13.3. The Kier molecular flexibility index (Phi) is 6.62. The van der Waals surface area contributed by atoms with Gasteiger partial charge in [0, 0.05) is 10.9 Å². The summed E-state index contributed by atoms with van der Waals surface area (Å²) in [7, 11) is 0. The molecule has 2 rings (SSSR count). The van der Waals surface area contributed by atoms with E-state index in [0.717, 1.165) is 5.56 Å². The Morgan fingerprint density at radius 1 is 1.15 bits per heavy atom. The van der Waals surface area contributed by atoms with Crippen molar-refractivity contribution in [3.05, 3.63) is 69.9 Å². The van der Waals surface area contributed by atoms with Gasteiger partial charge in [-0.15, -0.1) is 12.4 Å². The first-order chi connectivity index (χ1) is 9.06. The van der Waals surface area contributed by atoms with Crippen LogP contribution in [0.2, 0.25) is 0 Å². The van der Waals surface area contributed by atoms with Crippen LogP contribution >= 0.6 is 28.3 Å². The topological polar surface area (TPSA) is 46.2 Å². The first-order valence-electron chi connectivity index (χ1n) is 6.00. The summed E-state index contributed by atoms with van der Waals surface area (Å²) in [6.45, 7) is 0. The van der Waals surface area contributed by atoms with Crippen LogP contribution in [0, 0.1) is 5.82 Å². The van der Waals surface area contributed by atoms with Crippen molar-refractivity contribution in [1.29, 1.82) is 0 Å². The molecule has 108 valence electrons. The average Bonchev–Trinajstić information content (AvgIpc) is 2.37. The summed E-state index contributed by atoms with van der Waals surface area (Å²) in [5.41, 5.74) is 7.57. The van der Waals surface area contributed by atoms with E-state index in [4.69, 9.17) is 5.73 Å². The van der Waals surface area contributed by atoms with Crippen LogP contribution in [0.5, 0.6) is 0 Å². The van der Waals surface area contributed by atoms with Crippen molar-refractivity contribution in [3.63, 3.8) is 0 Å². The number of hydrogen-bond acceptors (Lipinski definition) is 2. The average molecular weight is 361 g/mol. The molecule has 0 saturated carbocycles. The van der Waals surface area contributed by atoms with Gasteiger partial charge in [-0.2, -0.15) is 0 Å². The van der Waals surface area contributed by atoms with Crippen molar-refractivity contribution in [2.24, 2.45) is 5.73 Å². The normalized spacial score (nSPS) is 13.4. The monoisotopic (exact) mass is 359 g/mol. The summed E-state index contributed by atoms with van der Waals surface area (Å²) in [4.78, 5) is 0. The molecule has 0 amide bonds. The Hall–Kier alpha value is -0.940. The van der Waals surface area contributed by atoms with Crippen molar-refractivity contribution < 1.29 is 9.50 Å². The Morgan fingerprint density at radius 2 is 1.80 bits per heavy atom. The lowest BCUT2D eigenvalue weighted by molar-refractivity contribution is 0.145. The van der Waals surface area contributed by atoms with E-state index in [1.165, 1.54) is 12.1 Å². The van der Waals surface area contributed by atoms with Gasteiger partial charge in [-0.3, -0.25) is 0 Å². The molecule has 0 bridgehead atoms. The van der Waals surface area contributed by atoms with Crippen molar-refractivity contribution in [3.8, 4) is 0 Å². The maximum Gasteiger partial charge on any atom is 0.124 e. The van der Waals surface area contributed by atoms with Crippen LogP contribution in [-0.4, -0.2) is 11.2 Å². The van der Waals surface area contributed by atoms with Crippen molar-refractivity contribution in [2.45, 2.75) is 18.6 Å². The molecule has 3 N–H and O–H groups in total. The van der Waals surface area contributed by atoms with Crippen LogP contribution in [0.15, 0.2) is 53.0 Å². The molecule has 2 atom stereocenters. The molecular formula is C15H16BrClFNO. The molecule has 0 spiro atoms. The number of halogens is 3. The summed E-state index contributed by atoms with van der Waals surface area (Å²) in [5, 5.41) is 10.1. The summed E-state index contributed by atoms with van der Waals surface area (Å²) in [6, 6.07) is 13.4. The first kappa shape index (κ1) is 17.1. The highest BCUT2D eigenvalue weighted by molar-refractivity contribution is 9.10. The molecule has 0 fully saturated rings. The van der Waals surface area contributed by atoms with Gasteiger partial charge in [0.1, 0.15) is 5.82 Å². The molecule has 0 unspecified atom stereocenters. The van der Waals surface area contributed by atoms with Crippen molar-refractivity contribution in [1.82, 2.24) is 0 Å². The molecule has 5 heteroatoms. The Labute approximate surface area is 132 Å². The maximum atomic E-state index is 13.3. The second-order valence-corrected chi connectivity index (χ2v) is 5.40. The van der Waals surface area contributed by atoms with E-state index in [1.54, 1.807) is 6.07 Å². The molecular weight excluding hydrogens is 345 g/mol. The third-order valence-electron chi connectivity index (χ3n) is 2.97. The fourth-order valence-electron chi connectivity index (χ4n) is 1.97. The summed E-state index contributed by atoms with van der Waals surface area (Å²) < 4.78 is 13.9. The third-order valence-corrected chi connectivity index (χ3v) is 3.43. The van der Waals surface area contributed by atoms with E-state index in [-0.39, 0.29) is 18.2 Å². The van der Waals surface area contributed by atoms with E-state index in [0.29, 0.717) is 16.5 Å². The van der Waals surface area contributed by atoms with Gasteiger partial charge in [-0.05, 0) is 29.3 Å². The third kappa shape index (κ3) is 4.56. The quantitative estimate of drug-likeness (QED) is 0.875. The summed E-state index contributed by atoms with van der Waals surface area (Å²) in [6.07, 6.45) is -0.313. The Morgan fingerprint density at radius 3 is 2.40 bits per heavy atom. The van der Waals surface area contributed by atoms with Gasteiger partial charge in [-0.1, -0.05) is 46.3 Å². The molecule has 0 aliphatic carbocycles. The van der Waals surface area contributed by atoms with Gasteiger partial charge in [-0.25, -0.2) is 4.39 Å². The van der Waals surface area contributed by atoms with E-state index in [9.17, 15) is 9.50 Å². The highest BCUT2D eigenvalue weighted by atomic mass is 79.9. The molecule has 2 nitrogen and oxygen atoms in total. The number of nitrogens with two attached hydrogens (primary N) is 1. The van der Waals surface area contributed by atoms with Gasteiger partial charge >= 0.3 is 0 Å². The predicted molar refractivity (Wildman–Crippen MR) is 84.4 cm³/mol. The fraction of sp³-hybridized carbons (Fsp3) is 0.200. The standard InChI is InChI=1S/C15H15BrFNO.ClH/c16-12-7-11(8-13(17)9-12)15(18)14(19)6-10-4-2-1-3-5-10;/h1-5,7-9,14-15,19H,6,18H2;1H/t14-,15+;/m1./s1. The zero-order valence-corrected chi connectivity index (χ0v) is 13.1. The molecule has 2 aromatic carbocycles. The lowest BCUT2D eigenvalue weighted by atomic mass is 9.97. The number of benzene rings is 2. The smallest absolute Gasteiger partial charge is 0.124 e. The molecule has 0 aliphatic heterocycles. The van der Waals surface area contributed by atoms with Crippen LogP contribution in [-0.2, 0) is 6.42 Å². The molecule has 0 saturated heterocycles. The Bertz CT molecular complexity index is 533. The second kappa shape index (κ2) is 7.74. The zero-order valence-electron chi connectivity index (χ0n) is 10.7. The van der Waals surface area contributed by atoms with E-state index < -0.39 is 12.1 Å². The van der Waals surface area contributed by atoms with Crippen LogP contribution in [0.4, 0.5) is 4.39 Å². The van der Waals surface area contributed by atoms with Gasteiger partial charge in [0.2, 0.25) is 0 Å². The second-order valence-electron chi connectivity index (χ2n) is 4.49. The van der Waals surface area contributed by atoms with Crippen molar-refractivity contribution in [2.75, 3.05) is 0 Å². The minimum absolute atomic E-state index is 0. The zero-order chi connectivity index (χ0) is 13.8. The van der Waals surface area contributed by atoms with Gasteiger partial charge in [0.25, 0.3) is 0 Å². The number of hydrogen-bond donors (Lipinski definition) is 2. The molecule has 0 heterocycles. The SMILES string of the molecule is Cl.N[C@@H](c1cc(F)cc(Br)c1)[C@H](O)Cc1ccccc1. The Balaban J connectivity index is 0.00000200. The minimum Gasteiger partial charge on any atom is -0.391 e. The molecule has 0 aromatic heterocycles. The lowest BCUT2D eigenvalue weighted by Gasteiger charge is -2.19. The number of rotatable bonds is 4. The highest BCUT2D eigenvalue weighted by Gasteiger charge is 2.18. The molecule has 0 aliphatic rings. The largest absolute Gasteiger partial charge is 0.391 e. The van der Waals surface area contributed by atoms with E-state index >= 15 is 0 Å². The molecule has 2 aromatic rings. The van der Waals surface area contributed by atoms with Crippen LogP contribution < -0.4 is 5.73 Å². The first-order valence-corrected chi connectivity index (χ1v) is 6.79. The van der Waals surface area contributed by atoms with Gasteiger partial charge in [0.15, 0.2) is 0 Å². The predicted octanol–water partition coefficient (Wildman–Crippen LogP) is 3.61. The van der Waals surface area contributed by atoms with Crippen LogP contribution in [0.25, 0.3) is 0 Å². The summed E-state index contributed by atoms with van der Waals surface area (Å²) >= 11 is 3.22. The van der Waals surface area contributed by atoms with E-state index in [1.807, 2.05) is 30.3 Å². The lowest BCUT2D eigenvalue weighted by Crippen LogP contribution is -2.28.